The fourth-order valence-electron chi connectivity index (χ4n) is 2.88. The van der Waals surface area contributed by atoms with Gasteiger partial charge in [0.2, 0.25) is 5.71 Å². The van der Waals surface area contributed by atoms with Crippen molar-refractivity contribution in [3.63, 3.8) is 0 Å². The number of hydrogen-bond acceptors (Lipinski definition) is 6. The number of rotatable bonds is 4. The second-order valence-electron chi connectivity index (χ2n) is 6.92. The molecule has 0 atom stereocenters. The summed E-state index contributed by atoms with van der Waals surface area (Å²) in [5.74, 6) is 0.142. The predicted molar refractivity (Wildman–Crippen MR) is 94.2 cm³/mol. The average Bonchev–Trinajstić information content (AvgIpc) is 3.18. The summed E-state index contributed by atoms with van der Waals surface area (Å²) in [4.78, 5) is 25.0. The highest BCUT2D eigenvalue weighted by molar-refractivity contribution is 6.09. The highest BCUT2D eigenvalue weighted by atomic mass is 19.1. The number of hydrogen-bond donors (Lipinski definition) is 2. The molecule has 0 aromatic carbocycles. The summed E-state index contributed by atoms with van der Waals surface area (Å²) in [7, 11) is 0. The van der Waals surface area contributed by atoms with Crippen molar-refractivity contribution in [2.24, 2.45) is 5.73 Å². The Labute approximate surface area is 148 Å². The molecule has 26 heavy (non-hydrogen) atoms. The van der Waals surface area contributed by atoms with Gasteiger partial charge in [0.25, 0.3) is 5.91 Å². The molecule has 0 bridgehead atoms. The van der Waals surface area contributed by atoms with Crippen molar-refractivity contribution >= 4 is 22.8 Å². The Balaban J connectivity index is 1.95. The molecule has 0 spiro atoms. The van der Waals surface area contributed by atoms with E-state index in [9.17, 15) is 9.18 Å². The Hall–Kier alpha value is -3.03. The first-order chi connectivity index (χ1) is 12.3. The number of anilines is 1. The van der Waals surface area contributed by atoms with Crippen molar-refractivity contribution < 1.29 is 13.6 Å². The highest BCUT2D eigenvalue weighted by Gasteiger charge is 2.39. The zero-order chi connectivity index (χ0) is 18.6. The zero-order valence-corrected chi connectivity index (χ0v) is 14.7. The van der Waals surface area contributed by atoms with E-state index in [1.54, 1.807) is 13.8 Å². The molecule has 3 N–H and O–H groups in total. The number of primary amides is 1. The van der Waals surface area contributed by atoms with Gasteiger partial charge in [-0.05, 0) is 45.7 Å². The Kier molecular flexibility index (Phi) is 3.47. The van der Waals surface area contributed by atoms with Crippen molar-refractivity contribution in [3.05, 3.63) is 35.0 Å². The molecule has 3 aromatic rings. The minimum absolute atomic E-state index is 0.0925. The van der Waals surface area contributed by atoms with Crippen LogP contribution in [0.5, 0.6) is 0 Å². The molecule has 3 aromatic heterocycles. The fraction of sp³-hybridized carbons (Fsp3) is 0.333. The summed E-state index contributed by atoms with van der Waals surface area (Å²) in [6.45, 7) is 5.30. The van der Waals surface area contributed by atoms with E-state index in [1.807, 2.05) is 0 Å². The quantitative estimate of drug-likeness (QED) is 0.745. The van der Waals surface area contributed by atoms with Crippen LogP contribution in [0.1, 0.15) is 41.6 Å². The van der Waals surface area contributed by atoms with E-state index in [2.05, 4.69) is 27.2 Å². The van der Waals surface area contributed by atoms with Crippen molar-refractivity contribution in [1.82, 2.24) is 15.0 Å². The molecular weight excluding hydrogens is 337 g/mol. The molecule has 8 heteroatoms. The molecule has 7 nitrogen and oxygen atoms in total. The second-order valence-corrected chi connectivity index (χ2v) is 6.92. The second kappa shape index (κ2) is 5.48. The van der Waals surface area contributed by atoms with Crippen LogP contribution in [0.4, 0.5) is 10.2 Å². The maximum absolute atomic E-state index is 13.5. The Morgan fingerprint density at radius 1 is 1.27 bits per heavy atom. The minimum atomic E-state index is -0.600. The monoisotopic (exact) mass is 355 g/mol. The third-order valence-corrected chi connectivity index (χ3v) is 4.64. The number of carbonyl (C=O) groups excluding carboxylic acids is 1. The number of amides is 1. The molecule has 134 valence electrons. The molecule has 1 fully saturated rings. The van der Waals surface area contributed by atoms with Crippen LogP contribution in [0.3, 0.4) is 0 Å². The Morgan fingerprint density at radius 3 is 2.62 bits per heavy atom. The lowest BCUT2D eigenvalue weighted by molar-refractivity contribution is 0.1000. The topological polar surface area (TPSA) is 107 Å². The first-order valence-corrected chi connectivity index (χ1v) is 8.30. The molecule has 4 rings (SSSR count). The van der Waals surface area contributed by atoms with Gasteiger partial charge in [0.15, 0.2) is 5.82 Å². The number of carbonyl (C=O) groups is 1. The standard InChI is InChI=1S/C18H18FN5O2/c1-8-10(19)4-5-11(21-8)15-22-16(24-18(3)6-7-18)13-12(14(20)25)9(2)26-17(13)23-15/h4-5H,6-7H2,1-3H3,(H2,20,25)(H,22,23,24). The zero-order valence-electron chi connectivity index (χ0n) is 14.7. The largest absolute Gasteiger partial charge is 0.442 e. The number of nitrogens with zero attached hydrogens (tertiary/aromatic N) is 3. The maximum Gasteiger partial charge on any atom is 0.253 e. The molecule has 1 aliphatic rings. The normalized spacial score (nSPS) is 15.2. The lowest BCUT2D eigenvalue weighted by atomic mass is 10.1. The van der Waals surface area contributed by atoms with Crippen molar-refractivity contribution in [3.8, 4) is 11.5 Å². The van der Waals surface area contributed by atoms with Crippen LogP contribution in [0.15, 0.2) is 16.5 Å². The first kappa shape index (κ1) is 16.4. The number of nitrogens with two attached hydrogens (primary N) is 1. The number of aryl methyl sites for hydroxylation is 2. The van der Waals surface area contributed by atoms with Gasteiger partial charge < -0.3 is 15.5 Å². The van der Waals surface area contributed by atoms with Crippen molar-refractivity contribution in [2.75, 3.05) is 5.32 Å². The average molecular weight is 355 g/mol. The molecule has 1 aliphatic carbocycles. The van der Waals surface area contributed by atoms with Gasteiger partial charge in [-0.25, -0.2) is 14.4 Å². The van der Waals surface area contributed by atoms with Crippen molar-refractivity contribution in [1.29, 1.82) is 0 Å². The molecule has 3 heterocycles. The van der Waals surface area contributed by atoms with E-state index in [-0.39, 0.29) is 28.3 Å². The van der Waals surface area contributed by atoms with Gasteiger partial charge in [-0.2, -0.15) is 4.98 Å². The Bertz CT molecular complexity index is 1060. The van der Waals surface area contributed by atoms with E-state index in [1.165, 1.54) is 12.1 Å². The van der Waals surface area contributed by atoms with E-state index in [0.717, 1.165) is 12.8 Å². The van der Waals surface area contributed by atoms with Gasteiger partial charge >= 0.3 is 0 Å². The number of pyridine rings is 1. The molecule has 0 saturated heterocycles. The number of nitrogens with one attached hydrogen (secondary N) is 1. The van der Waals surface area contributed by atoms with Gasteiger partial charge in [-0.1, -0.05) is 0 Å². The smallest absolute Gasteiger partial charge is 0.253 e. The van der Waals surface area contributed by atoms with E-state index in [4.69, 9.17) is 10.2 Å². The first-order valence-electron chi connectivity index (χ1n) is 8.30. The third kappa shape index (κ3) is 2.67. The van der Waals surface area contributed by atoms with E-state index in [0.29, 0.717) is 22.7 Å². The van der Waals surface area contributed by atoms with Crippen LogP contribution in [0.2, 0.25) is 0 Å². The van der Waals surface area contributed by atoms with Crippen LogP contribution in [0.25, 0.3) is 22.6 Å². The number of fused-ring (bicyclic) bond motifs is 1. The summed E-state index contributed by atoms with van der Waals surface area (Å²) in [6.07, 6.45) is 1.98. The SMILES string of the molecule is Cc1nc(-c2nc(NC3(C)CC3)c3c(C(N)=O)c(C)oc3n2)ccc1F. The highest BCUT2D eigenvalue weighted by Crippen LogP contribution is 2.41. The molecule has 1 amide bonds. The minimum Gasteiger partial charge on any atom is -0.442 e. The van der Waals surface area contributed by atoms with Gasteiger partial charge in [-0.15, -0.1) is 0 Å². The summed E-state index contributed by atoms with van der Waals surface area (Å²) >= 11 is 0. The molecular formula is C18H18FN5O2. The van der Waals surface area contributed by atoms with Gasteiger partial charge in [0.1, 0.15) is 23.1 Å². The summed E-state index contributed by atoms with van der Waals surface area (Å²) in [6, 6.07) is 2.83. The Morgan fingerprint density at radius 2 is 2.00 bits per heavy atom. The van der Waals surface area contributed by atoms with Gasteiger partial charge in [0, 0.05) is 5.54 Å². The van der Waals surface area contributed by atoms with Crippen LogP contribution in [0, 0.1) is 19.7 Å². The molecule has 1 saturated carbocycles. The van der Waals surface area contributed by atoms with E-state index < -0.39 is 11.7 Å². The summed E-state index contributed by atoms with van der Waals surface area (Å²) in [5, 5.41) is 3.82. The van der Waals surface area contributed by atoms with Crippen molar-refractivity contribution in [2.45, 2.75) is 39.2 Å². The summed E-state index contributed by atoms with van der Waals surface area (Å²) < 4.78 is 19.2. The fourth-order valence-corrected chi connectivity index (χ4v) is 2.88. The lowest BCUT2D eigenvalue weighted by Gasteiger charge is -2.14. The molecule has 0 radical (unpaired) electrons. The van der Waals surface area contributed by atoms with Crippen LogP contribution >= 0.6 is 0 Å². The van der Waals surface area contributed by atoms with Gasteiger partial charge in [-0.3, -0.25) is 4.79 Å². The van der Waals surface area contributed by atoms with Crippen LogP contribution in [-0.4, -0.2) is 26.4 Å². The molecule has 0 aliphatic heterocycles. The third-order valence-electron chi connectivity index (χ3n) is 4.64. The van der Waals surface area contributed by atoms with E-state index >= 15 is 0 Å². The number of aromatic nitrogens is 3. The predicted octanol–water partition coefficient (Wildman–Crippen LogP) is 3.10. The lowest BCUT2D eigenvalue weighted by Crippen LogP contribution is -2.19. The number of furan rings is 1. The maximum atomic E-state index is 13.5. The molecule has 0 unspecified atom stereocenters. The number of halogens is 1. The van der Waals surface area contributed by atoms with Gasteiger partial charge in [0.05, 0.1) is 16.6 Å². The summed E-state index contributed by atoms with van der Waals surface area (Å²) in [5.41, 5.74) is 6.62. The van der Waals surface area contributed by atoms with Crippen LogP contribution < -0.4 is 11.1 Å². The van der Waals surface area contributed by atoms with Crippen LogP contribution in [-0.2, 0) is 0 Å².